The molecule has 3 fully saturated rings. The molecule has 5 rings (SSSR count). The van der Waals surface area contributed by atoms with Gasteiger partial charge in [0.15, 0.2) is 11.3 Å². The van der Waals surface area contributed by atoms with Gasteiger partial charge >= 0.3 is 5.97 Å². The van der Waals surface area contributed by atoms with Crippen LogP contribution in [0, 0.1) is 17.2 Å². The molecule has 1 aromatic carbocycles. The number of guanidine groups is 1. The van der Waals surface area contributed by atoms with Gasteiger partial charge in [-0.3, -0.25) is 72.6 Å². The van der Waals surface area contributed by atoms with Gasteiger partial charge < -0.3 is 69.7 Å². The fourth-order valence-corrected chi connectivity index (χ4v) is 12.0. The highest BCUT2D eigenvalue weighted by atomic mass is 33.1. The first-order valence-corrected chi connectivity index (χ1v) is 29.4. The van der Waals surface area contributed by atoms with Crippen LogP contribution in [0.4, 0.5) is 0 Å². The van der Waals surface area contributed by atoms with Crippen molar-refractivity contribution < 1.29 is 67.4 Å². The first kappa shape index (κ1) is 63.4. The molecule has 1 aromatic rings. The fraction of sp³-hybridized carbons (Fsp3) is 0.551. The number of benzene rings is 1. The molecule has 7 atom stereocenters. The van der Waals surface area contributed by atoms with Gasteiger partial charge in [-0.15, -0.1) is 11.8 Å². The molecule has 0 spiro atoms. The Hall–Kier alpha value is -7.41. The number of hydrogen-bond donors (Lipinski definition) is 14. The van der Waals surface area contributed by atoms with E-state index in [0.717, 1.165) is 21.6 Å². The third kappa shape index (κ3) is 21.0. The van der Waals surface area contributed by atoms with Crippen LogP contribution in [0.1, 0.15) is 69.8 Å². The molecule has 436 valence electrons. The number of carbonyl (C=O) groups excluding carboxylic acids is 12. The Morgan fingerprint density at radius 1 is 0.637 bits per heavy atom. The monoisotopic (exact) mass is 1170 g/mol. The van der Waals surface area contributed by atoms with Crippen LogP contribution in [-0.2, 0) is 68.7 Å². The van der Waals surface area contributed by atoms with Gasteiger partial charge in [-0.25, -0.2) is 0 Å². The molecule has 80 heavy (non-hydrogen) atoms. The zero-order valence-corrected chi connectivity index (χ0v) is 46.0. The number of fused-ring (bicyclic) bond motifs is 5. The summed E-state index contributed by atoms with van der Waals surface area (Å²) in [5.74, 6) is -12.8. The minimum absolute atomic E-state index is 0.0479. The average Bonchev–Trinajstić information content (AvgIpc) is 3.73. The van der Waals surface area contributed by atoms with Crippen molar-refractivity contribution in [1.82, 2.24) is 58.1 Å². The van der Waals surface area contributed by atoms with Crippen LogP contribution in [-0.4, -0.2) is 178 Å². The molecule has 2 saturated heterocycles. The molecule has 2 bridgehead atoms. The van der Waals surface area contributed by atoms with Gasteiger partial charge in [-0.2, -0.15) is 0 Å². The largest absolute Gasteiger partial charge is 0.481 e. The molecule has 16 N–H and O–H groups in total. The number of nitrogens with two attached hydrogens (primary N) is 2. The fourth-order valence-electron chi connectivity index (χ4n) is 8.86. The zero-order chi connectivity index (χ0) is 58.3. The SMILES string of the molecule is N=C(N)NCCC[C@@H]1NC(=O)[C@@H]2CSSC[C@H](NC(=O)[C@H](CC(=O)O)NC(=O)CNC1=O)C(=O)N[C@@H](Cc1ccccc1)C(=O)NC(C(N)=O)SCC(=O)N[C@@H](CCCCNC(=O)C1CCC(CN3C(=O)C=CC3=O)CC1)C(=O)N2. The van der Waals surface area contributed by atoms with Crippen LogP contribution < -0.4 is 64.6 Å². The number of hydrogen-bond acceptors (Lipinski definition) is 17. The molecule has 3 heterocycles. The lowest BCUT2D eigenvalue weighted by Crippen LogP contribution is -2.59. The summed E-state index contributed by atoms with van der Waals surface area (Å²) in [6.45, 7) is -0.274. The number of nitrogens with one attached hydrogen (secondary N) is 11. The van der Waals surface area contributed by atoms with E-state index in [1.165, 1.54) is 17.1 Å². The second-order valence-corrected chi connectivity index (χ2v) is 22.9. The Kier molecular flexibility index (Phi) is 25.4. The summed E-state index contributed by atoms with van der Waals surface area (Å²) < 4.78 is 0. The van der Waals surface area contributed by atoms with Crippen LogP contribution in [0.5, 0.6) is 0 Å². The van der Waals surface area contributed by atoms with Crippen molar-refractivity contribution in [2.45, 2.75) is 112 Å². The van der Waals surface area contributed by atoms with Gasteiger partial charge in [0.25, 0.3) is 17.7 Å². The zero-order valence-electron chi connectivity index (χ0n) is 43.5. The molecule has 31 heteroatoms. The van der Waals surface area contributed by atoms with Crippen LogP contribution in [0.2, 0.25) is 0 Å². The predicted molar refractivity (Wildman–Crippen MR) is 293 cm³/mol. The lowest BCUT2D eigenvalue weighted by molar-refractivity contribution is -0.141. The van der Waals surface area contributed by atoms with Crippen LogP contribution in [0.15, 0.2) is 42.5 Å². The summed E-state index contributed by atoms with van der Waals surface area (Å²) in [5, 5.41) is 41.1. The number of amides is 12. The van der Waals surface area contributed by atoms with Crippen molar-refractivity contribution in [1.29, 1.82) is 5.41 Å². The number of carboxylic acids is 1. The number of aliphatic carboxylic acids is 1. The number of primary amides is 1. The Labute approximate surface area is 472 Å². The molecule has 28 nitrogen and oxygen atoms in total. The second kappa shape index (κ2) is 32.0. The van der Waals surface area contributed by atoms with Crippen molar-refractivity contribution >= 4 is 116 Å². The van der Waals surface area contributed by atoms with E-state index in [1.54, 1.807) is 30.3 Å². The van der Waals surface area contributed by atoms with E-state index in [9.17, 15) is 67.4 Å². The van der Waals surface area contributed by atoms with E-state index >= 15 is 0 Å². The van der Waals surface area contributed by atoms with Gasteiger partial charge in [-0.1, -0.05) is 51.9 Å². The van der Waals surface area contributed by atoms with Crippen LogP contribution in [0.25, 0.3) is 0 Å². The van der Waals surface area contributed by atoms with Crippen molar-refractivity contribution in [3.63, 3.8) is 0 Å². The molecule has 0 aromatic heterocycles. The summed E-state index contributed by atoms with van der Waals surface area (Å²) in [7, 11) is 1.85. The molecular weight excluding hydrogens is 1100 g/mol. The van der Waals surface area contributed by atoms with E-state index in [1.807, 2.05) is 0 Å². The predicted octanol–water partition coefficient (Wildman–Crippen LogP) is -3.92. The third-order valence-corrected chi connectivity index (χ3v) is 16.7. The molecule has 12 amide bonds. The minimum Gasteiger partial charge on any atom is -0.481 e. The molecule has 4 aliphatic rings. The standard InChI is InChI=1S/C49H68N14O14S3/c50-40(70)48-62-45(75)31(19-26-7-2-1-3-8-26)59-47(77)34-24-80-79-23-33(46(76)58-29(10-6-18-54-49(51)52)42(72)55-21-35(64)57-32(20-39(68)69)44(74)61-34)60-43(73)30(56-36(65)25-78-48)9-4-5-17-53-41(71)28-13-11-27(12-14-28)22-63-37(66)15-16-38(63)67/h1-3,7-8,15-16,27-34,48H,4-6,9-14,17-25H2,(H2,50,70)(H,53,71)(H,55,72)(H,56,65)(H,57,64)(H,58,76)(H,59,77)(H,60,73)(H,61,74)(H,62,75)(H,68,69)(H4,51,52,54)/t27?,28?,29-,30-,31-,32-,33-,34-,48?/m0/s1. The summed E-state index contributed by atoms with van der Waals surface area (Å²) in [6.07, 6.45) is 4.25. The molecule has 0 radical (unpaired) electrons. The van der Waals surface area contributed by atoms with Gasteiger partial charge in [-0.05, 0) is 69.3 Å². The lowest BCUT2D eigenvalue weighted by atomic mass is 9.81. The van der Waals surface area contributed by atoms with E-state index in [-0.39, 0.29) is 98.8 Å². The van der Waals surface area contributed by atoms with Crippen molar-refractivity contribution in [3.8, 4) is 0 Å². The molecular formula is C49H68N14O14S3. The maximum Gasteiger partial charge on any atom is 0.305 e. The third-order valence-electron chi connectivity index (χ3n) is 13.1. The average molecular weight is 1170 g/mol. The van der Waals surface area contributed by atoms with Gasteiger partial charge in [0, 0.05) is 55.6 Å². The number of imide groups is 1. The first-order valence-electron chi connectivity index (χ1n) is 25.9. The minimum atomic E-state index is -1.80. The van der Waals surface area contributed by atoms with Crippen molar-refractivity contribution in [2.75, 3.05) is 43.4 Å². The van der Waals surface area contributed by atoms with E-state index < -0.39 is 119 Å². The summed E-state index contributed by atoms with van der Waals surface area (Å²) in [5.41, 5.74) is 11.7. The number of unbranched alkanes of at least 4 members (excludes halogenated alkanes) is 1. The number of carboxylic acid groups (broad SMARTS) is 1. The van der Waals surface area contributed by atoms with Crippen molar-refractivity contribution in [2.24, 2.45) is 23.3 Å². The topological polar surface area (TPSA) is 442 Å². The Morgan fingerprint density at radius 2 is 1.20 bits per heavy atom. The summed E-state index contributed by atoms with van der Waals surface area (Å²) in [6, 6.07) is -0.708. The van der Waals surface area contributed by atoms with E-state index in [2.05, 4.69) is 53.2 Å². The summed E-state index contributed by atoms with van der Waals surface area (Å²) >= 11 is 0.592. The molecule has 1 aliphatic carbocycles. The Balaban J connectivity index is 1.41. The maximum atomic E-state index is 14.4. The number of nitrogens with zero attached hydrogens (tertiary/aromatic N) is 1. The Bertz CT molecular complexity index is 2500. The van der Waals surface area contributed by atoms with E-state index in [0.29, 0.717) is 49.4 Å². The van der Waals surface area contributed by atoms with Gasteiger partial charge in [0.2, 0.25) is 53.2 Å². The highest BCUT2D eigenvalue weighted by Crippen LogP contribution is 2.30. The quantitative estimate of drug-likeness (QED) is 0.0233. The maximum absolute atomic E-state index is 14.4. The van der Waals surface area contributed by atoms with Crippen molar-refractivity contribution in [3.05, 3.63) is 48.0 Å². The number of thioether (sulfide) groups is 1. The highest BCUT2D eigenvalue weighted by Gasteiger charge is 2.36. The second-order valence-electron chi connectivity index (χ2n) is 19.3. The number of carbonyl (C=O) groups is 13. The number of rotatable bonds is 17. The van der Waals surface area contributed by atoms with Crippen LogP contribution in [0.3, 0.4) is 0 Å². The Morgan fingerprint density at radius 3 is 1.81 bits per heavy atom. The normalized spacial score (nSPS) is 26.1. The van der Waals surface area contributed by atoms with E-state index in [4.69, 9.17) is 16.9 Å². The highest BCUT2D eigenvalue weighted by molar-refractivity contribution is 8.76. The van der Waals surface area contributed by atoms with Gasteiger partial charge in [0.1, 0.15) is 36.3 Å². The summed E-state index contributed by atoms with van der Waals surface area (Å²) in [4.78, 5) is 175. The smallest absolute Gasteiger partial charge is 0.305 e. The molecule has 1 unspecified atom stereocenters. The first-order chi connectivity index (χ1) is 38.2. The van der Waals surface area contributed by atoms with Gasteiger partial charge in [0.05, 0.1) is 18.7 Å². The molecule has 1 saturated carbocycles. The molecule has 3 aliphatic heterocycles. The van der Waals surface area contributed by atoms with Crippen LogP contribution >= 0.6 is 33.3 Å². The lowest BCUT2D eigenvalue weighted by Gasteiger charge is -2.30.